The molecule has 1 aromatic carbocycles. The average molecular weight is 325 g/mol. The van der Waals surface area contributed by atoms with Gasteiger partial charge in [0.25, 0.3) is 5.91 Å². The van der Waals surface area contributed by atoms with Crippen molar-refractivity contribution < 1.29 is 4.79 Å². The van der Waals surface area contributed by atoms with E-state index in [-0.39, 0.29) is 11.9 Å². The first kappa shape index (κ1) is 15.9. The Kier molecular flexibility index (Phi) is 4.64. The van der Waals surface area contributed by atoms with Gasteiger partial charge in [-0.2, -0.15) is 10.3 Å². The number of aromatic amines is 1. The Hall–Kier alpha value is -3.03. The molecule has 2 aromatic heterocycles. The maximum atomic E-state index is 12.5. The molecule has 24 heavy (non-hydrogen) atoms. The number of H-pyrrole nitrogens is 1. The summed E-state index contributed by atoms with van der Waals surface area (Å²) in [4.78, 5) is 12.5. The van der Waals surface area contributed by atoms with Gasteiger partial charge in [0.2, 0.25) is 0 Å². The number of hydrogen-bond acceptors (Lipinski definition) is 5. The van der Waals surface area contributed by atoms with Crippen LogP contribution >= 0.6 is 0 Å². The minimum absolute atomic E-state index is 0.215. The molecule has 0 aliphatic heterocycles. The van der Waals surface area contributed by atoms with Gasteiger partial charge in [-0.25, -0.2) is 4.68 Å². The van der Waals surface area contributed by atoms with Gasteiger partial charge in [0.1, 0.15) is 0 Å². The van der Waals surface area contributed by atoms with Crippen LogP contribution in [0.1, 0.15) is 42.5 Å². The van der Waals surface area contributed by atoms with Gasteiger partial charge < -0.3 is 5.32 Å². The molecule has 0 saturated heterocycles. The summed E-state index contributed by atoms with van der Waals surface area (Å²) in [6, 6.07) is 9.33. The van der Waals surface area contributed by atoms with Gasteiger partial charge in [-0.05, 0) is 24.5 Å². The fourth-order valence-corrected chi connectivity index (χ4v) is 2.42. The van der Waals surface area contributed by atoms with Crippen LogP contribution in [-0.2, 0) is 0 Å². The first-order valence-electron chi connectivity index (χ1n) is 7.78. The molecule has 0 fully saturated rings. The van der Waals surface area contributed by atoms with E-state index in [1.165, 1.54) is 0 Å². The Labute approximate surface area is 139 Å². The second-order valence-electron chi connectivity index (χ2n) is 5.93. The molecule has 1 atom stereocenters. The maximum absolute atomic E-state index is 12.5. The molecule has 1 unspecified atom stereocenters. The lowest BCUT2D eigenvalue weighted by atomic mass is 10.0. The Morgan fingerprint density at radius 2 is 2.08 bits per heavy atom. The summed E-state index contributed by atoms with van der Waals surface area (Å²) in [6.45, 7) is 4.15. The largest absolute Gasteiger partial charge is 0.342 e. The standard InChI is InChI=1S/C16H19N7O/c1-11(2)8-14(15-19-21-22-20-15)18-16(24)12-9-17-23(10-12)13-6-4-3-5-7-13/h3-7,9-11,14H,8H2,1-2H3,(H,18,24)(H,19,20,21,22). The normalized spacial score (nSPS) is 12.3. The Morgan fingerprint density at radius 3 is 2.75 bits per heavy atom. The number of aromatic nitrogens is 6. The van der Waals surface area contributed by atoms with Crippen molar-refractivity contribution >= 4 is 5.91 Å². The second kappa shape index (κ2) is 7.03. The van der Waals surface area contributed by atoms with Crippen LogP contribution in [0.15, 0.2) is 42.7 Å². The zero-order valence-electron chi connectivity index (χ0n) is 13.5. The summed E-state index contributed by atoms with van der Waals surface area (Å²) >= 11 is 0. The number of para-hydroxylation sites is 1. The molecule has 2 N–H and O–H groups in total. The van der Waals surface area contributed by atoms with Crippen molar-refractivity contribution in [3.63, 3.8) is 0 Å². The smallest absolute Gasteiger partial charge is 0.255 e. The van der Waals surface area contributed by atoms with E-state index >= 15 is 0 Å². The molecule has 0 spiro atoms. The minimum Gasteiger partial charge on any atom is -0.342 e. The fourth-order valence-electron chi connectivity index (χ4n) is 2.42. The molecular weight excluding hydrogens is 306 g/mol. The predicted octanol–water partition coefficient (Wildman–Crippen LogP) is 1.90. The van der Waals surface area contributed by atoms with E-state index in [0.717, 1.165) is 12.1 Å². The van der Waals surface area contributed by atoms with Gasteiger partial charge in [0, 0.05) is 6.20 Å². The topological polar surface area (TPSA) is 101 Å². The molecule has 2 heterocycles. The van der Waals surface area contributed by atoms with Gasteiger partial charge in [-0.15, -0.1) is 10.2 Å². The quantitative estimate of drug-likeness (QED) is 0.721. The van der Waals surface area contributed by atoms with Gasteiger partial charge >= 0.3 is 0 Å². The van der Waals surface area contributed by atoms with E-state index < -0.39 is 0 Å². The van der Waals surface area contributed by atoms with E-state index in [0.29, 0.717) is 17.3 Å². The van der Waals surface area contributed by atoms with Crippen molar-refractivity contribution in [1.82, 2.24) is 35.7 Å². The zero-order chi connectivity index (χ0) is 16.9. The summed E-state index contributed by atoms with van der Waals surface area (Å²) < 4.78 is 1.67. The minimum atomic E-state index is -0.295. The number of carbonyl (C=O) groups is 1. The third-order valence-electron chi connectivity index (χ3n) is 3.55. The van der Waals surface area contributed by atoms with E-state index in [4.69, 9.17) is 0 Å². The molecular formula is C16H19N7O. The molecule has 0 aliphatic carbocycles. The van der Waals surface area contributed by atoms with Crippen LogP contribution in [0.2, 0.25) is 0 Å². The SMILES string of the molecule is CC(C)CC(NC(=O)c1cnn(-c2ccccc2)c1)c1nn[nH]n1. The van der Waals surface area contributed by atoms with Crippen LogP contribution in [0, 0.1) is 5.92 Å². The van der Waals surface area contributed by atoms with E-state index in [1.54, 1.807) is 17.1 Å². The van der Waals surface area contributed by atoms with Crippen LogP contribution in [0.5, 0.6) is 0 Å². The highest BCUT2D eigenvalue weighted by atomic mass is 16.1. The number of carbonyl (C=O) groups excluding carboxylic acids is 1. The Balaban J connectivity index is 1.75. The molecule has 8 heteroatoms. The maximum Gasteiger partial charge on any atom is 0.255 e. The number of nitrogens with one attached hydrogen (secondary N) is 2. The lowest BCUT2D eigenvalue weighted by molar-refractivity contribution is 0.0930. The molecule has 0 aliphatic rings. The van der Waals surface area contributed by atoms with Gasteiger partial charge in [-0.3, -0.25) is 4.79 Å². The average Bonchev–Trinajstić information content (AvgIpc) is 3.26. The highest BCUT2D eigenvalue weighted by Crippen LogP contribution is 2.18. The number of rotatable bonds is 6. The Bertz CT molecular complexity index is 780. The zero-order valence-corrected chi connectivity index (χ0v) is 13.5. The molecule has 3 aromatic rings. The third-order valence-corrected chi connectivity index (χ3v) is 3.55. The number of tetrazole rings is 1. The van der Waals surface area contributed by atoms with Crippen molar-refractivity contribution in [3.05, 3.63) is 54.1 Å². The number of benzene rings is 1. The van der Waals surface area contributed by atoms with Gasteiger partial charge in [-0.1, -0.05) is 37.3 Å². The lowest BCUT2D eigenvalue weighted by Gasteiger charge is -2.16. The highest BCUT2D eigenvalue weighted by molar-refractivity contribution is 5.94. The van der Waals surface area contributed by atoms with E-state index in [2.05, 4.69) is 44.9 Å². The number of hydrogen-bond donors (Lipinski definition) is 2. The van der Waals surface area contributed by atoms with Gasteiger partial charge in [0.05, 0.1) is 23.5 Å². The van der Waals surface area contributed by atoms with Crippen molar-refractivity contribution in [2.24, 2.45) is 5.92 Å². The Morgan fingerprint density at radius 1 is 1.29 bits per heavy atom. The number of amides is 1. The molecule has 0 radical (unpaired) electrons. The van der Waals surface area contributed by atoms with Crippen LogP contribution in [0.25, 0.3) is 5.69 Å². The predicted molar refractivity (Wildman–Crippen MR) is 87.4 cm³/mol. The van der Waals surface area contributed by atoms with E-state index in [1.807, 2.05) is 30.3 Å². The molecule has 124 valence electrons. The summed E-state index contributed by atoms with van der Waals surface area (Å²) in [5, 5.41) is 21.2. The highest BCUT2D eigenvalue weighted by Gasteiger charge is 2.21. The van der Waals surface area contributed by atoms with Crippen molar-refractivity contribution in [1.29, 1.82) is 0 Å². The summed E-state index contributed by atoms with van der Waals surface area (Å²) in [6.07, 6.45) is 3.97. The van der Waals surface area contributed by atoms with Crippen LogP contribution in [0.3, 0.4) is 0 Å². The van der Waals surface area contributed by atoms with E-state index in [9.17, 15) is 4.79 Å². The van der Waals surface area contributed by atoms with Crippen molar-refractivity contribution in [2.75, 3.05) is 0 Å². The van der Waals surface area contributed by atoms with Crippen LogP contribution in [-0.4, -0.2) is 36.3 Å². The summed E-state index contributed by atoms with van der Waals surface area (Å²) in [5.41, 5.74) is 1.38. The van der Waals surface area contributed by atoms with Gasteiger partial charge in [0.15, 0.2) is 5.82 Å². The second-order valence-corrected chi connectivity index (χ2v) is 5.93. The van der Waals surface area contributed by atoms with Crippen molar-refractivity contribution in [2.45, 2.75) is 26.3 Å². The fraction of sp³-hybridized carbons (Fsp3) is 0.312. The molecule has 0 saturated carbocycles. The van der Waals surface area contributed by atoms with Crippen LogP contribution in [0.4, 0.5) is 0 Å². The first-order chi connectivity index (χ1) is 11.6. The number of nitrogens with zero attached hydrogens (tertiary/aromatic N) is 5. The summed E-state index contributed by atoms with van der Waals surface area (Å²) in [7, 11) is 0. The third kappa shape index (κ3) is 3.65. The molecule has 1 amide bonds. The molecule has 3 rings (SSSR count). The lowest BCUT2D eigenvalue weighted by Crippen LogP contribution is -2.30. The summed E-state index contributed by atoms with van der Waals surface area (Å²) in [5.74, 6) is 0.640. The van der Waals surface area contributed by atoms with Crippen LogP contribution < -0.4 is 5.32 Å². The molecule has 8 nitrogen and oxygen atoms in total. The molecule has 0 bridgehead atoms. The first-order valence-corrected chi connectivity index (χ1v) is 7.78. The monoisotopic (exact) mass is 325 g/mol. The van der Waals surface area contributed by atoms with Crippen molar-refractivity contribution in [3.8, 4) is 5.69 Å².